The normalized spacial score (nSPS) is 17.5. The molecule has 2 aromatic rings. The fraction of sp³-hybridized carbons (Fsp3) is 0.381. The first-order valence-corrected chi connectivity index (χ1v) is 12.0. The molecule has 2 heterocycles. The molecule has 4 rings (SSSR count). The molecule has 9 heteroatoms. The van der Waals surface area contributed by atoms with Crippen molar-refractivity contribution in [3.8, 4) is 11.5 Å². The Hall–Kier alpha value is -2.10. The van der Waals surface area contributed by atoms with Gasteiger partial charge >= 0.3 is 0 Å². The molecule has 160 valence electrons. The van der Waals surface area contributed by atoms with Gasteiger partial charge in [-0.25, -0.2) is 8.42 Å². The molecule has 0 atom stereocenters. The number of amides is 1. The second-order valence-electron chi connectivity index (χ2n) is 7.44. The van der Waals surface area contributed by atoms with Gasteiger partial charge in [-0.1, -0.05) is 15.9 Å². The summed E-state index contributed by atoms with van der Waals surface area (Å²) in [6, 6.07) is 10.3. The Kier molecular flexibility index (Phi) is 6.04. The minimum Gasteiger partial charge on any atom is -0.486 e. The van der Waals surface area contributed by atoms with Crippen LogP contribution in [0.2, 0.25) is 0 Å². The molecule has 2 aliphatic rings. The molecule has 1 saturated heterocycles. The first kappa shape index (κ1) is 21.1. The number of fused-ring (bicyclic) bond motifs is 1. The second-order valence-corrected chi connectivity index (χ2v) is 10.2. The molecule has 0 spiro atoms. The number of carbonyl (C=O) groups is 1. The number of rotatable bonds is 4. The number of nitrogens with one attached hydrogen (secondary N) is 1. The van der Waals surface area contributed by atoms with Gasteiger partial charge in [-0.2, -0.15) is 4.31 Å². The van der Waals surface area contributed by atoms with Crippen molar-refractivity contribution in [3.05, 3.63) is 46.4 Å². The summed E-state index contributed by atoms with van der Waals surface area (Å²) in [5, 5.41) is 2.94. The maximum absolute atomic E-state index is 13.0. The third-order valence-corrected chi connectivity index (χ3v) is 8.19. The number of carbonyl (C=O) groups excluding carboxylic acids is 1. The molecular weight excluding hydrogens is 472 g/mol. The third kappa shape index (κ3) is 4.33. The zero-order valence-corrected chi connectivity index (χ0v) is 19.0. The Morgan fingerprint density at radius 1 is 1.07 bits per heavy atom. The van der Waals surface area contributed by atoms with Crippen molar-refractivity contribution < 1.29 is 22.7 Å². The SMILES string of the molecule is Cc1cc(NC(=O)C2CCN(S(=O)(=O)c3ccc4c(c3)OCCO4)CC2)ccc1Br. The van der Waals surface area contributed by atoms with E-state index in [0.717, 1.165) is 15.7 Å². The molecule has 2 aromatic carbocycles. The standard InChI is InChI=1S/C21H23BrN2O5S/c1-14-12-16(2-4-18(14)22)23-21(25)15-6-8-24(9-7-15)30(26,27)17-3-5-19-20(13-17)29-11-10-28-19/h2-5,12-13,15H,6-11H2,1H3,(H,23,25). The van der Waals surface area contributed by atoms with Crippen molar-refractivity contribution in [1.29, 1.82) is 0 Å². The number of ether oxygens (including phenoxy) is 2. The monoisotopic (exact) mass is 494 g/mol. The summed E-state index contributed by atoms with van der Waals surface area (Å²) < 4.78 is 39.5. The number of hydrogen-bond donors (Lipinski definition) is 1. The van der Waals surface area contributed by atoms with Gasteiger partial charge in [-0.15, -0.1) is 0 Å². The third-order valence-electron chi connectivity index (χ3n) is 5.40. The van der Waals surface area contributed by atoms with Gasteiger partial charge in [-0.05, 0) is 55.7 Å². The minimum atomic E-state index is -3.65. The Balaban J connectivity index is 1.39. The lowest BCUT2D eigenvalue weighted by atomic mass is 9.97. The highest BCUT2D eigenvalue weighted by Crippen LogP contribution is 2.34. The van der Waals surface area contributed by atoms with E-state index in [2.05, 4.69) is 21.2 Å². The van der Waals surface area contributed by atoms with Crippen molar-refractivity contribution in [1.82, 2.24) is 4.31 Å². The first-order valence-electron chi connectivity index (χ1n) is 9.81. The van der Waals surface area contributed by atoms with Gasteiger partial charge in [0.25, 0.3) is 0 Å². The van der Waals surface area contributed by atoms with Crippen LogP contribution >= 0.6 is 15.9 Å². The zero-order valence-electron chi connectivity index (χ0n) is 16.6. The van der Waals surface area contributed by atoms with Crippen LogP contribution in [0.5, 0.6) is 11.5 Å². The quantitative estimate of drug-likeness (QED) is 0.701. The van der Waals surface area contributed by atoms with Crippen molar-refractivity contribution in [2.75, 3.05) is 31.6 Å². The maximum Gasteiger partial charge on any atom is 0.243 e. The van der Waals surface area contributed by atoms with Gasteiger partial charge in [0.15, 0.2) is 11.5 Å². The number of benzene rings is 2. The van der Waals surface area contributed by atoms with E-state index in [1.807, 2.05) is 25.1 Å². The molecule has 30 heavy (non-hydrogen) atoms. The van der Waals surface area contributed by atoms with Crippen molar-refractivity contribution in [2.45, 2.75) is 24.7 Å². The summed E-state index contributed by atoms with van der Waals surface area (Å²) >= 11 is 3.45. The van der Waals surface area contributed by atoms with Gasteiger partial charge in [-0.3, -0.25) is 4.79 Å². The summed E-state index contributed by atoms with van der Waals surface area (Å²) in [6.07, 6.45) is 0.955. The Labute approximate surface area is 184 Å². The average Bonchev–Trinajstić information content (AvgIpc) is 2.76. The van der Waals surface area contributed by atoms with Gasteiger partial charge in [0, 0.05) is 35.2 Å². The summed E-state index contributed by atoms with van der Waals surface area (Å²) in [7, 11) is -3.65. The Morgan fingerprint density at radius 2 is 1.77 bits per heavy atom. The molecule has 0 radical (unpaired) electrons. The number of aryl methyl sites for hydroxylation is 1. The molecule has 0 aliphatic carbocycles. The van der Waals surface area contributed by atoms with E-state index in [0.29, 0.717) is 50.6 Å². The highest BCUT2D eigenvalue weighted by atomic mass is 79.9. The molecule has 1 amide bonds. The lowest BCUT2D eigenvalue weighted by Crippen LogP contribution is -2.41. The average molecular weight is 495 g/mol. The van der Waals surface area contributed by atoms with Gasteiger partial charge in [0.1, 0.15) is 13.2 Å². The first-order chi connectivity index (χ1) is 14.3. The summed E-state index contributed by atoms with van der Waals surface area (Å²) in [5.74, 6) is 0.703. The van der Waals surface area contributed by atoms with Crippen LogP contribution < -0.4 is 14.8 Å². The molecule has 1 N–H and O–H groups in total. The highest BCUT2D eigenvalue weighted by Gasteiger charge is 2.33. The molecule has 0 unspecified atom stereocenters. The van der Waals surface area contributed by atoms with Crippen molar-refractivity contribution in [2.24, 2.45) is 5.92 Å². The van der Waals surface area contributed by atoms with Crippen molar-refractivity contribution in [3.63, 3.8) is 0 Å². The van der Waals surface area contributed by atoms with Crippen LogP contribution in [0.3, 0.4) is 0 Å². The van der Waals surface area contributed by atoms with Crippen LogP contribution in [0.1, 0.15) is 18.4 Å². The smallest absolute Gasteiger partial charge is 0.243 e. The van der Waals surface area contributed by atoms with Gasteiger partial charge in [0.2, 0.25) is 15.9 Å². The maximum atomic E-state index is 13.0. The number of piperidine rings is 1. The molecule has 2 aliphatic heterocycles. The number of nitrogens with zero attached hydrogens (tertiary/aromatic N) is 1. The van der Waals surface area contributed by atoms with E-state index in [-0.39, 0.29) is 16.7 Å². The molecular formula is C21H23BrN2O5S. The Morgan fingerprint density at radius 3 is 2.47 bits per heavy atom. The predicted molar refractivity (Wildman–Crippen MR) is 116 cm³/mol. The van der Waals surface area contributed by atoms with Crippen LogP contribution in [-0.4, -0.2) is 44.9 Å². The molecule has 7 nitrogen and oxygen atoms in total. The number of sulfonamides is 1. The van der Waals surface area contributed by atoms with E-state index in [4.69, 9.17) is 9.47 Å². The van der Waals surface area contributed by atoms with E-state index in [1.165, 1.54) is 16.4 Å². The highest BCUT2D eigenvalue weighted by molar-refractivity contribution is 9.10. The van der Waals surface area contributed by atoms with E-state index in [1.54, 1.807) is 6.07 Å². The fourth-order valence-electron chi connectivity index (χ4n) is 3.66. The van der Waals surface area contributed by atoms with Gasteiger partial charge < -0.3 is 14.8 Å². The topological polar surface area (TPSA) is 84.9 Å². The van der Waals surface area contributed by atoms with Crippen LogP contribution in [0.15, 0.2) is 45.8 Å². The Bertz CT molecular complexity index is 1070. The zero-order chi connectivity index (χ0) is 21.3. The van der Waals surface area contributed by atoms with Crippen LogP contribution in [-0.2, 0) is 14.8 Å². The largest absolute Gasteiger partial charge is 0.486 e. The fourth-order valence-corrected chi connectivity index (χ4v) is 5.39. The summed E-state index contributed by atoms with van der Waals surface area (Å²) in [5.41, 5.74) is 1.78. The van der Waals surface area contributed by atoms with Crippen LogP contribution in [0.4, 0.5) is 5.69 Å². The molecule has 1 fully saturated rings. The van der Waals surface area contributed by atoms with E-state index >= 15 is 0 Å². The second kappa shape index (κ2) is 8.56. The van der Waals surface area contributed by atoms with Gasteiger partial charge in [0.05, 0.1) is 4.90 Å². The minimum absolute atomic E-state index is 0.0758. The van der Waals surface area contributed by atoms with Crippen LogP contribution in [0, 0.1) is 12.8 Å². The summed E-state index contributed by atoms with van der Waals surface area (Å²) in [4.78, 5) is 12.8. The van der Waals surface area contributed by atoms with Crippen molar-refractivity contribution >= 4 is 37.5 Å². The van der Waals surface area contributed by atoms with E-state index < -0.39 is 10.0 Å². The lowest BCUT2D eigenvalue weighted by Gasteiger charge is -2.31. The number of anilines is 1. The van der Waals surface area contributed by atoms with E-state index in [9.17, 15) is 13.2 Å². The summed E-state index contributed by atoms with van der Waals surface area (Å²) in [6.45, 7) is 3.41. The molecule has 0 saturated carbocycles. The molecule has 0 aromatic heterocycles. The lowest BCUT2D eigenvalue weighted by molar-refractivity contribution is -0.120. The number of halogens is 1. The molecule has 0 bridgehead atoms. The predicted octanol–water partition coefficient (Wildman–Crippen LogP) is 3.57. The number of hydrogen-bond acceptors (Lipinski definition) is 5. The van der Waals surface area contributed by atoms with Crippen LogP contribution in [0.25, 0.3) is 0 Å².